The van der Waals surface area contributed by atoms with E-state index in [0.717, 1.165) is 30.2 Å². The van der Waals surface area contributed by atoms with Gasteiger partial charge >= 0.3 is 0 Å². The third-order valence-electron chi connectivity index (χ3n) is 6.52. The largest absolute Gasteiger partial charge is 0.388 e. The Kier molecular flexibility index (Phi) is 6.88. The van der Waals surface area contributed by atoms with Gasteiger partial charge in [-0.25, -0.2) is 23.4 Å². The number of thioether (sulfide) groups is 1. The van der Waals surface area contributed by atoms with E-state index in [-0.39, 0.29) is 12.0 Å². The van der Waals surface area contributed by atoms with E-state index in [1.807, 2.05) is 6.92 Å². The van der Waals surface area contributed by atoms with Crippen LogP contribution < -0.4 is 5.32 Å². The van der Waals surface area contributed by atoms with Crippen LogP contribution in [0.5, 0.6) is 0 Å². The molecule has 3 N–H and O–H groups in total. The molecule has 5 rings (SSSR count). The number of aromatic nitrogens is 5. The smallest absolute Gasteiger partial charge is 0.191 e. The van der Waals surface area contributed by atoms with Crippen molar-refractivity contribution in [1.82, 2.24) is 25.0 Å². The summed E-state index contributed by atoms with van der Waals surface area (Å²) < 4.78 is 34.2. The van der Waals surface area contributed by atoms with Crippen molar-refractivity contribution in [3.05, 3.63) is 35.4 Å². The number of hydrogen-bond donors (Lipinski definition) is 3. The molecule has 2 aromatic heterocycles. The van der Waals surface area contributed by atoms with Crippen LogP contribution in [0.15, 0.2) is 23.4 Å². The Balaban J connectivity index is 1.44. The predicted octanol–water partition coefficient (Wildman–Crippen LogP) is 3.04. The highest BCUT2D eigenvalue weighted by Gasteiger charge is 2.45. The molecule has 2 aliphatic rings. The number of benzene rings is 1. The van der Waals surface area contributed by atoms with Gasteiger partial charge in [0.15, 0.2) is 33.8 Å². The average molecular weight is 507 g/mol. The normalized spacial score (nSPS) is 28.1. The van der Waals surface area contributed by atoms with Crippen molar-refractivity contribution in [3.8, 4) is 0 Å². The monoisotopic (exact) mass is 506 g/mol. The van der Waals surface area contributed by atoms with Gasteiger partial charge in [0, 0.05) is 30.7 Å². The van der Waals surface area contributed by atoms with Crippen LogP contribution in [0.2, 0.25) is 0 Å². The highest BCUT2D eigenvalue weighted by atomic mass is 32.2. The van der Waals surface area contributed by atoms with Crippen molar-refractivity contribution in [1.29, 1.82) is 0 Å². The maximum atomic E-state index is 13.7. The van der Waals surface area contributed by atoms with Gasteiger partial charge in [-0.2, -0.15) is 0 Å². The van der Waals surface area contributed by atoms with Crippen LogP contribution in [-0.2, 0) is 4.74 Å². The zero-order valence-corrected chi connectivity index (χ0v) is 20.3. The molecule has 188 valence electrons. The first-order chi connectivity index (χ1) is 16.9. The first-order valence-electron chi connectivity index (χ1n) is 11.9. The van der Waals surface area contributed by atoms with E-state index in [4.69, 9.17) is 4.74 Å². The van der Waals surface area contributed by atoms with Crippen molar-refractivity contribution in [2.75, 3.05) is 17.7 Å². The van der Waals surface area contributed by atoms with Crippen LogP contribution in [-0.4, -0.2) is 71.9 Å². The Morgan fingerprint density at radius 1 is 1.14 bits per heavy atom. The summed E-state index contributed by atoms with van der Waals surface area (Å²) >= 11 is 1.50. The lowest BCUT2D eigenvalue weighted by molar-refractivity contribution is -0.0534. The number of nitrogens with one attached hydrogen (secondary N) is 1. The molecule has 3 aromatic rings. The first-order valence-corrected chi connectivity index (χ1v) is 12.8. The third kappa shape index (κ3) is 4.72. The van der Waals surface area contributed by atoms with Gasteiger partial charge < -0.3 is 20.3 Å². The lowest BCUT2D eigenvalue weighted by atomic mass is 10.1. The molecule has 0 spiro atoms. The van der Waals surface area contributed by atoms with E-state index in [1.54, 1.807) is 10.7 Å². The number of aliphatic hydroxyl groups is 2. The van der Waals surface area contributed by atoms with E-state index >= 15 is 0 Å². The van der Waals surface area contributed by atoms with Crippen LogP contribution in [0.3, 0.4) is 0 Å². The molecule has 35 heavy (non-hydrogen) atoms. The number of hydrogen-bond acceptors (Lipinski definition) is 9. The third-order valence-corrected chi connectivity index (χ3v) is 7.57. The number of anilines is 1. The van der Waals surface area contributed by atoms with Crippen LogP contribution in [0, 0.1) is 11.6 Å². The average Bonchev–Trinajstić information content (AvgIpc) is 3.39. The lowest BCUT2D eigenvalue weighted by Crippen LogP contribution is -2.33. The molecule has 0 radical (unpaired) electrons. The van der Waals surface area contributed by atoms with Gasteiger partial charge in [0.05, 0.1) is 12.1 Å². The van der Waals surface area contributed by atoms with Crippen molar-refractivity contribution in [2.24, 2.45) is 0 Å². The summed E-state index contributed by atoms with van der Waals surface area (Å²) in [4.78, 5) is 9.31. The number of ether oxygens (including phenoxy) is 1. The Morgan fingerprint density at radius 3 is 2.71 bits per heavy atom. The summed E-state index contributed by atoms with van der Waals surface area (Å²) in [5.74, 6) is -0.372. The molecule has 0 aliphatic heterocycles. The zero-order chi connectivity index (χ0) is 24.7. The number of rotatable bonds is 9. The molecule has 0 saturated heterocycles. The van der Waals surface area contributed by atoms with Gasteiger partial charge in [0.2, 0.25) is 0 Å². The van der Waals surface area contributed by atoms with Crippen LogP contribution in [0.25, 0.3) is 11.2 Å². The summed E-state index contributed by atoms with van der Waals surface area (Å²) in [7, 11) is 0. The standard InChI is InChI=1S/C23H28F2N6O3S/c1-3-7-35-23-27-21(26-15-9-12(15)11-5-6-13(24)14(25)8-11)18-22(28-23)31(30-29-18)16-10-17(34-4-2)20(33)19(16)32/h5-6,8,12,15-17,19-20,32-33H,3-4,7,9-10H2,1-2H3,(H,26,27,28)/t12-,15?,16+,17-,19-,20+/m0/s1. The lowest BCUT2D eigenvalue weighted by Gasteiger charge is -2.17. The second-order valence-corrected chi connectivity index (χ2v) is 10.0. The molecule has 2 saturated carbocycles. The van der Waals surface area contributed by atoms with Gasteiger partial charge in [0.25, 0.3) is 0 Å². The van der Waals surface area contributed by atoms with Crippen LogP contribution in [0.1, 0.15) is 50.6 Å². The van der Waals surface area contributed by atoms with Crippen LogP contribution >= 0.6 is 11.8 Å². The Hall–Kier alpha value is -2.41. The number of halogens is 2. The SMILES string of the molecule is CCCSc1nc(NC2C[C@H]2c2ccc(F)c(F)c2)c2nnn([C@@H]3C[C@H](OCC)[C@@H](O)[C@H]3O)c2n1. The molecular formula is C23H28F2N6O3S. The van der Waals surface area contributed by atoms with E-state index in [2.05, 4.69) is 32.5 Å². The highest BCUT2D eigenvalue weighted by Crippen LogP contribution is 2.44. The Bertz CT molecular complexity index is 1210. The molecule has 2 aliphatic carbocycles. The Morgan fingerprint density at radius 2 is 1.97 bits per heavy atom. The molecule has 2 heterocycles. The first kappa shape index (κ1) is 24.3. The minimum absolute atomic E-state index is 0.0200. The summed E-state index contributed by atoms with van der Waals surface area (Å²) in [6, 6.07) is 3.41. The topological polar surface area (TPSA) is 118 Å². The number of fused-ring (bicyclic) bond motifs is 1. The zero-order valence-electron chi connectivity index (χ0n) is 19.4. The minimum atomic E-state index is -1.07. The van der Waals surface area contributed by atoms with E-state index in [9.17, 15) is 19.0 Å². The summed E-state index contributed by atoms with van der Waals surface area (Å²) in [6.07, 6.45) is -0.551. The molecule has 0 bridgehead atoms. The van der Waals surface area contributed by atoms with Crippen molar-refractivity contribution in [2.45, 2.75) is 74.6 Å². The molecule has 0 amide bonds. The number of nitrogens with zero attached hydrogens (tertiary/aromatic N) is 5. The maximum Gasteiger partial charge on any atom is 0.191 e. The maximum absolute atomic E-state index is 13.7. The van der Waals surface area contributed by atoms with E-state index in [0.29, 0.717) is 35.2 Å². The summed E-state index contributed by atoms with van der Waals surface area (Å²) in [5, 5.41) is 33.6. The van der Waals surface area contributed by atoms with Gasteiger partial charge in [-0.1, -0.05) is 30.0 Å². The highest BCUT2D eigenvalue weighted by molar-refractivity contribution is 7.99. The molecule has 1 aromatic carbocycles. The quantitative estimate of drug-likeness (QED) is 0.297. The van der Waals surface area contributed by atoms with Crippen molar-refractivity contribution in [3.63, 3.8) is 0 Å². The molecule has 1 unspecified atom stereocenters. The Labute approximate surface area is 205 Å². The van der Waals surface area contributed by atoms with Crippen molar-refractivity contribution >= 4 is 28.7 Å². The van der Waals surface area contributed by atoms with Gasteiger partial charge in [-0.05, 0) is 37.5 Å². The van der Waals surface area contributed by atoms with Gasteiger partial charge in [0.1, 0.15) is 12.2 Å². The fourth-order valence-electron chi connectivity index (χ4n) is 4.62. The molecule has 2 fully saturated rings. The van der Waals surface area contributed by atoms with Crippen LogP contribution in [0.4, 0.5) is 14.6 Å². The van der Waals surface area contributed by atoms with Gasteiger partial charge in [-0.15, -0.1) is 5.10 Å². The van der Waals surface area contributed by atoms with E-state index in [1.165, 1.54) is 17.8 Å². The van der Waals surface area contributed by atoms with Gasteiger partial charge in [-0.3, -0.25) is 0 Å². The summed E-state index contributed by atoms with van der Waals surface area (Å²) in [5.41, 5.74) is 1.63. The molecule has 6 atom stereocenters. The molecule has 12 heteroatoms. The number of aliphatic hydroxyl groups excluding tert-OH is 2. The fourth-order valence-corrected chi connectivity index (χ4v) is 5.32. The van der Waals surface area contributed by atoms with Crippen molar-refractivity contribution < 1.29 is 23.7 Å². The molecular weight excluding hydrogens is 478 g/mol. The minimum Gasteiger partial charge on any atom is -0.388 e. The van der Waals surface area contributed by atoms with E-state index < -0.39 is 36.0 Å². The summed E-state index contributed by atoms with van der Waals surface area (Å²) in [6.45, 7) is 4.33. The second-order valence-electron chi connectivity index (χ2n) is 8.95. The fraction of sp³-hybridized carbons (Fsp3) is 0.565. The second kappa shape index (κ2) is 9.92. The molecule has 9 nitrogen and oxygen atoms in total. The predicted molar refractivity (Wildman–Crippen MR) is 126 cm³/mol.